The van der Waals surface area contributed by atoms with Crippen molar-refractivity contribution in [1.29, 1.82) is 0 Å². The van der Waals surface area contributed by atoms with E-state index in [-0.39, 0.29) is 43.7 Å². The van der Waals surface area contributed by atoms with Crippen molar-refractivity contribution in [2.45, 2.75) is 44.6 Å². The molecular weight excluding hydrogens is 350 g/mol. The average Bonchev–Trinajstić information content (AvgIpc) is 3.13. The van der Waals surface area contributed by atoms with Crippen molar-refractivity contribution in [2.24, 2.45) is 0 Å². The highest BCUT2D eigenvalue weighted by Crippen LogP contribution is 2.36. The molecule has 1 aromatic rings. The van der Waals surface area contributed by atoms with E-state index in [1.165, 1.54) is 4.90 Å². The molecule has 27 heavy (non-hydrogen) atoms. The van der Waals surface area contributed by atoms with Crippen LogP contribution in [0.3, 0.4) is 0 Å². The highest BCUT2D eigenvalue weighted by molar-refractivity contribution is 6.03. The van der Waals surface area contributed by atoms with Crippen molar-refractivity contribution >= 4 is 23.6 Å². The molecule has 8 nitrogen and oxygen atoms in total. The molecular formula is C19H23N3O5. The zero-order valence-electron chi connectivity index (χ0n) is 15.4. The van der Waals surface area contributed by atoms with Crippen LogP contribution in [0, 0.1) is 6.92 Å². The SMILES string of the molecule is Cc1ccc(C2(C)CCN(C(CN3C(=O)CCC3=O)C(=O)NO)C2=O)cc1. The molecule has 2 N–H and O–H groups in total. The highest BCUT2D eigenvalue weighted by Gasteiger charge is 2.48. The van der Waals surface area contributed by atoms with Crippen molar-refractivity contribution in [3.8, 4) is 0 Å². The third-order valence-electron chi connectivity index (χ3n) is 5.57. The van der Waals surface area contributed by atoms with E-state index in [1.807, 2.05) is 38.1 Å². The fourth-order valence-corrected chi connectivity index (χ4v) is 3.75. The van der Waals surface area contributed by atoms with Crippen LogP contribution in [0.1, 0.15) is 37.3 Å². The first-order chi connectivity index (χ1) is 12.8. The van der Waals surface area contributed by atoms with Crippen LogP contribution in [0.4, 0.5) is 0 Å². The summed E-state index contributed by atoms with van der Waals surface area (Å²) in [5.41, 5.74) is 2.68. The summed E-state index contributed by atoms with van der Waals surface area (Å²) in [6.07, 6.45) is 0.689. The van der Waals surface area contributed by atoms with E-state index < -0.39 is 17.4 Å². The first-order valence-corrected chi connectivity index (χ1v) is 8.93. The maximum atomic E-state index is 13.2. The standard InChI is InChI=1S/C19H23N3O5/c1-12-3-5-13(6-4-12)19(2)9-10-21(18(19)26)14(17(25)20-27)11-22-15(23)7-8-16(22)24/h3-6,14,27H,7-11H2,1-2H3,(H,20,25). The molecule has 0 saturated carbocycles. The summed E-state index contributed by atoms with van der Waals surface area (Å²) in [7, 11) is 0. The van der Waals surface area contributed by atoms with Gasteiger partial charge >= 0.3 is 0 Å². The van der Waals surface area contributed by atoms with Crippen LogP contribution >= 0.6 is 0 Å². The summed E-state index contributed by atoms with van der Waals surface area (Å²) in [4.78, 5) is 51.6. The molecule has 2 aliphatic heterocycles. The number of benzene rings is 1. The van der Waals surface area contributed by atoms with Gasteiger partial charge in [0.15, 0.2) is 0 Å². The van der Waals surface area contributed by atoms with Crippen LogP contribution < -0.4 is 5.48 Å². The van der Waals surface area contributed by atoms with Gasteiger partial charge in [0.1, 0.15) is 6.04 Å². The minimum Gasteiger partial charge on any atom is -0.328 e. The van der Waals surface area contributed by atoms with Gasteiger partial charge in [0.2, 0.25) is 17.7 Å². The normalized spacial score (nSPS) is 23.9. The van der Waals surface area contributed by atoms with Gasteiger partial charge in [-0.3, -0.25) is 29.3 Å². The van der Waals surface area contributed by atoms with Crippen LogP contribution in [-0.4, -0.2) is 57.8 Å². The van der Waals surface area contributed by atoms with E-state index in [0.717, 1.165) is 16.0 Å². The Labute approximate surface area is 157 Å². The molecule has 2 unspecified atom stereocenters. The average molecular weight is 373 g/mol. The molecule has 0 aromatic heterocycles. The van der Waals surface area contributed by atoms with Crippen LogP contribution in [0.5, 0.6) is 0 Å². The van der Waals surface area contributed by atoms with Gasteiger partial charge in [0.25, 0.3) is 5.91 Å². The fourth-order valence-electron chi connectivity index (χ4n) is 3.75. The van der Waals surface area contributed by atoms with Crippen LogP contribution in [0.2, 0.25) is 0 Å². The van der Waals surface area contributed by atoms with Crippen LogP contribution in [0.25, 0.3) is 0 Å². The molecule has 144 valence electrons. The van der Waals surface area contributed by atoms with Crippen molar-refractivity contribution in [1.82, 2.24) is 15.3 Å². The second kappa shape index (κ2) is 7.11. The van der Waals surface area contributed by atoms with Gasteiger partial charge in [-0.1, -0.05) is 29.8 Å². The molecule has 8 heteroatoms. The van der Waals surface area contributed by atoms with Gasteiger partial charge in [-0.2, -0.15) is 0 Å². The van der Waals surface area contributed by atoms with E-state index >= 15 is 0 Å². The van der Waals surface area contributed by atoms with Crippen molar-refractivity contribution in [3.05, 3.63) is 35.4 Å². The summed E-state index contributed by atoms with van der Waals surface area (Å²) in [5, 5.41) is 9.11. The Kier molecular flexibility index (Phi) is 5.01. The minimum atomic E-state index is -1.12. The van der Waals surface area contributed by atoms with E-state index in [9.17, 15) is 19.2 Å². The zero-order valence-corrected chi connectivity index (χ0v) is 15.4. The molecule has 1 aromatic carbocycles. The molecule has 4 amide bonds. The smallest absolute Gasteiger partial charge is 0.267 e. The molecule has 0 aliphatic carbocycles. The Hall–Kier alpha value is -2.74. The number of imide groups is 1. The molecule has 2 atom stereocenters. The monoisotopic (exact) mass is 373 g/mol. The van der Waals surface area contributed by atoms with E-state index in [4.69, 9.17) is 5.21 Å². The summed E-state index contributed by atoms with van der Waals surface area (Å²) in [5.74, 6) is -1.82. The van der Waals surface area contributed by atoms with Gasteiger partial charge in [-0.15, -0.1) is 0 Å². The Morgan fingerprint density at radius 2 is 1.78 bits per heavy atom. The van der Waals surface area contributed by atoms with Crippen LogP contribution in [0.15, 0.2) is 24.3 Å². The van der Waals surface area contributed by atoms with Gasteiger partial charge in [0.05, 0.1) is 12.0 Å². The lowest BCUT2D eigenvalue weighted by atomic mass is 9.81. The number of likely N-dealkylation sites (tertiary alicyclic amines) is 2. The number of hydroxylamine groups is 1. The third kappa shape index (κ3) is 3.32. The number of hydrogen-bond donors (Lipinski definition) is 2. The van der Waals surface area contributed by atoms with Gasteiger partial charge in [0, 0.05) is 19.4 Å². The number of rotatable bonds is 5. The predicted octanol–water partition coefficient (Wildman–Crippen LogP) is 0.508. The Morgan fingerprint density at radius 1 is 1.19 bits per heavy atom. The second-order valence-corrected chi connectivity index (χ2v) is 7.34. The first-order valence-electron chi connectivity index (χ1n) is 8.93. The molecule has 2 aliphatic rings. The largest absolute Gasteiger partial charge is 0.328 e. The van der Waals surface area contributed by atoms with Crippen LogP contribution in [-0.2, 0) is 24.6 Å². The van der Waals surface area contributed by atoms with E-state index in [2.05, 4.69) is 0 Å². The van der Waals surface area contributed by atoms with Crippen molar-refractivity contribution in [3.63, 3.8) is 0 Å². The maximum absolute atomic E-state index is 13.2. The lowest BCUT2D eigenvalue weighted by molar-refractivity contribution is -0.148. The second-order valence-electron chi connectivity index (χ2n) is 7.34. The van der Waals surface area contributed by atoms with Gasteiger partial charge in [-0.05, 0) is 25.8 Å². The molecule has 2 fully saturated rings. The molecule has 3 rings (SSSR count). The van der Waals surface area contributed by atoms with E-state index in [1.54, 1.807) is 5.48 Å². The molecule has 0 bridgehead atoms. The van der Waals surface area contributed by atoms with Gasteiger partial charge in [-0.25, -0.2) is 5.48 Å². The van der Waals surface area contributed by atoms with E-state index in [0.29, 0.717) is 6.42 Å². The Balaban J connectivity index is 1.86. The summed E-state index contributed by atoms with van der Waals surface area (Å²) in [6.45, 7) is 3.82. The summed E-state index contributed by atoms with van der Waals surface area (Å²) >= 11 is 0. The third-order valence-corrected chi connectivity index (χ3v) is 5.57. The Morgan fingerprint density at radius 3 is 2.33 bits per heavy atom. The quantitative estimate of drug-likeness (QED) is 0.444. The summed E-state index contributed by atoms with van der Waals surface area (Å²) < 4.78 is 0. The number of carbonyl (C=O) groups excluding carboxylic acids is 4. The number of aryl methyl sites for hydroxylation is 1. The predicted molar refractivity (Wildman–Crippen MR) is 94.5 cm³/mol. The summed E-state index contributed by atoms with van der Waals surface area (Å²) in [6, 6.07) is 6.52. The number of nitrogens with one attached hydrogen (secondary N) is 1. The highest BCUT2D eigenvalue weighted by atomic mass is 16.5. The van der Waals surface area contributed by atoms with Gasteiger partial charge < -0.3 is 4.90 Å². The molecule has 2 heterocycles. The van der Waals surface area contributed by atoms with Crippen molar-refractivity contribution < 1.29 is 24.4 Å². The number of hydrogen-bond acceptors (Lipinski definition) is 5. The number of amides is 4. The lowest BCUT2D eigenvalue weighted by Gasteiger charge is -2.31. The first kappa shape index (κ1) is 19.0. The number of nitrogens with zero attached hydrogens (tertiary/aromatic N) is 2. The topological polar surface area (TPSA) is 107 Å². The molecule has 0 radical (unpaired) electrons. The molecule has 2 saturated heterocycles. The zero-order chi connectivity index (χ0) is 19.8. The lowest BCUT2D eigenvalue weighted by Crippen LogP contribution is -2.55. The molecule has 0 spiro atoms. The van der Waals surface area contributed by atoms with Crippen molar-refractivity contribution in [2.75, 3.05) is 13.1 Å². The minimum absolute atomic E-state index is 0.0985. The Bertz CT molecular complexity index is 775. The fraction of sp³-hybridized carbons (Fsp3) is 0.474. The maximum Gasteiger partial charge on any atom is 0.267 e. The number of carbonyl (C=O) groups is 4.